The largest absolute Gasteiger partial charge is 0.480 e. The van der Waals surface area contributed by atoms with E-state index in [1.54, 1.807) is 60.7 Å². The number of guanidine groups is 2. The van der Waals surface area contributed by atoms with Crippen molar-refractivity contribution in [1.82, 2.24) is 56.6 Å². The van der Waals surface area contributed by atoms with Crippen LogP contribution in [0.4, 0.5) is 14.4 Å². The van der Waals surface area contributed by atoms with Gasteiger partial charge in [-0.3, -0.25) is 39.4 Å². The quantitative estimate of drug-likeness (QED) is 0.0223. The SMILES string of the molecule is NC(N)=NCCC[C@H](N)C(=O)N1CCCN1C(=O)N1CCC[C@H]1C(=O)NCC(=O)NN(Cc1ccccc1)C(=O)N[C@@H](CO)C(=O)N1CCCN1C(=O)N[C@@H](Cc1ccccc1)C(=O)N[C@H](CCCN=C(N)N)C(=O)O. The van der Waals surface area contributed by atoms with Crippen molar-refractivity contribution in [3.05, 3.63) is 71.8 Å². The fraction of sp³-hybridized carbons (Fsp3) is 0.511. The van der Waals surface area contributed by atoms with Crippen molar-refractivity contribution >= 4 is 65.5 Å². The van der Waals surface area contributed by atoms with Crippen molar-refractivity contribution in [2.45, 2.75) is 94.5 Å². The molecule has 3 aliphatic heterocycles. The third-order valence-corrected chi connectivity index (χ3v) is 12.5. The number of aliphatic carboxylic acids is 1. The molecule has 3 saturated heterocycles. The number of rotatable bonds is 23. The summed E-state index contributed by atoms with van der Waals surface area (Å²) < 4.78 is 0. The van der Waals surface area contributed by atoms with Crippen LogP contribution in [0.2, 0.25) is 0 Å². The van der Waals surface area contributed by atoms with Crippen LogP contribution < -0.4 is 55.4 Å². The molecule has 29 heteroatoms. The van der Waals surface area contributed by atoms with Gasteiger partial charge in [0.15, 0.2) is 11.9 Å². The third kappa shape index (κ3) is 17.0. The van der Waals surface area contributed by atoms with Gasteiger partial charge in [-0.2, -0.15) is 0 Å². The van der Waals surface area contributed by atoms with Gasteiger partial charge < -0.3 is 65.0 Å². The van der Waals surface area contributed by atoms with Gasteiger partial charge in [0.1, 0.15) is 24.2 Å². The Morgan fingerprint density at radius 3 is 1.86 bits per heavy atom. The van der Waals surface area contributed by atoms with Gasteiger partial charge in [-0.15, -0.1) is 0 Å². The van der Waals surface area contributed by atoms with E-state index < -0.39 is 97.0 Å². The normalized spacial score (nSPS) is 16.6. The van der Waals surface area contributed by atoms with Crippen LogP contribution in [-0.2, 0) is 41.7 Å². The predicted molar refractivity (Wildman–Crippen MR) is 274 cm³/mol. The highest BCUT2D eigenvalue weighted by Crippen LogP contribution is 2.23. The summed E-state index contributed by atoms with van der Waals surface area (Å²) in [5, 5.41) is 35.8. The maximum atomic E-state index is 14.1. The molecule has 5 rings (SSSR count). The van der Waals surface area contributed by atoms with Crippen molar-refractivity contribution in [3.8, 4) is 0 Å². The van der Waals surface area contributed by atoms with Crippen LogP contribution in [0.25, 0.3) is 0 Å². The standard InChI is InChI=1S/C47H70N18O11/c48-32(16-7-19-53-43(49)50)40(70)62-22-11-25-65(62)47(76)60-21-9-18-36(60)39(69)55-27-37(67)59-61(28-31-14-5-2-6-15-31)45(74)58-35(29-66)41(71)63-23-10-24-64(63)46(75)57-34(26-30-12-3-1-4-13-30)38(68)56-33(42(72)73)17-8-20-54-44(51)52/h1-6,12-15,32-36,66H,7-11,16-29,48H2,(H,55,69)(H,56,68)(H,57,75)(H,58,74)(H,59,67)(H,72,73)(H4,49,50,53)(H4,51,52,54)/t32-,33+,34-,35-,36-/m0/s1. The minimum atomic E-state index is -1.67. The van der Waals surface area contributed by atoms with E-state index in [4.69, 9.17) is 28.7 Å². The van der Waals surface area contributed by atoms with E-state index in [1.807, 2.05) is 0 Å². The zero-order valence-electron chi connectivity index (χ0n) is 42.1. The van der Waals surface area contributed by atoms with E-state index in [1.165, 1.54) is 14.9 Å². The van der Waals surface area contributed by atoms with Gasteiger partial charge in [-0.25, -0.2) is 44.2 Å². The number of aliphatic imine (C=N–C) groups is 2. The number of hydrogen-bond donors (Lipinski definition) is 12. The van der Waals surface area contributed by atoms with Crippen LogP contribution in [0, 0.1) is 0 Å². The number of nitrogens with one attached hydrogen (secondary N) is 5. The maximum absolute atomic E-state index is 14.1. The first-order chi connectivity index (χ1) is 36.4. The number of nitrogens with zero attached hydrogens (tertiary/aromatic N) is 8. The Balaban J connectivity index is 1.21. The molecular formula is C47H70N18O11. The number of nitrogens with two attached hydrogens (primary N) is 5. The van der Waals surface area contributed by atoms with E-state index in [2.05, 4.69) is 36.7 Å². The molecule has 3 aliphatic rings. The summed E-state index contributed by atoms with van der Waals surface area (Å²) in [6, 6.07) is 8.21. The minimum absolute atomic E-state index is 0.0185. The molecule has 0 radical (unpaired) electrons. The zero-order valence-corrected chi connectivity index (χ0v) is 42.1. The summed E-state index contributed by atoms with van der Waals surface area (Å²) in [6.45, 7) is -0.870. The number of urea groups is 3. The van der Waals surface area contributed by atoms with E-state index in [0.29, 0.717) is 30.4 Å². The smallest absolute Gasteiger partial charge is 0.339 e. The fourth-order valence-corrected chi connectivity index (χ4v) is 8.65. The molecule has 3 fully saturated rings. The number of aliphatic hydroxyl groups is 1. The second-order valence-corrected chi connectivity index (χ2v) is 18.1. The second-order valence-electron chi connectivity index (χ2n) is 18.1. The molecule has 3 heterocycles. The summed E-state index contributed by atoms with van der Waals surface area (Å²) in [6.07, 6.45) is 2.29. The fourth-order valence-electron chi connectivity index (χ4n) is 8.65. The summed E-state index contributed by atoms with van der Waals surface area (Å²) in [5.74, 6) is -5.34. The molecule has 2 aromatic carbocycles. The molecule has 29 nitrogen and oxygen atoms in total. The van der Waals surface area contributed by atoms with Gasteiger partial charge in [0.2, 0.25) is 11.8 Å². The Bertz CT molecular complexity index is 2410. The lowest BCUT2D eigenvalue weighted by atomic mass is 10.0. The first kappa shape index (κ1) is 58.4. The van der Waals surface area contributed by atoms with Gasteiger partial charge in [0.05, 0.1) is 25.7 Å². The molecule has 76 heavy (non-hydrogen) atoms. The minimum Gasteiger partial charge on any atom is -0.480 e. The van der Waals surface area contributed by atoms with Crippen molar-refractivity contribution < 1.29 is 53.4 Å². The number of aliphatic hydroxyl groups excluding tert-OH is 1. The number of carboxylic acid groups (broad SMARTS) is 1. The number of carbonyl (C=O) groups excluding carboxylic acids is 8. The van der Waals surface area contributed by atoms with E-state index >= 15 is 0 Å². The van der Waals surface area contributed by atoms with Crippen LogP contribution in [0.3, 0.4) is 0 Å². The van der Waals surface area contributed by atoms with E-state index in [-0.39, 0.29) is 103 Å². The van der Waals surface area contributed by atoms with Crippen molar-refractivity contribution in [1.29, 1.82) is 0 Å². The topological polar surface area (TPSA) is 428 Å². The molecule has 17 N–H and O–H groups in total. The average molecular weight is 1060 g/mol. The molecule has 0 bridgehead atoms. The number of amides is 11. The number of benzene rings is 2. The highest BCUT2D eigenvalue weighted by Gasteiger charge is 2.42. The van der Waals surface area contributed by atoms with Crippen LogP contribution in [0.1, 0.15) is 62.5 Å². The van der Waals surface area contributed by atoms with Gasteiger partial charge in [0, 0.05) is 52.2 Å². The molecule has 0 aromatic heterocycles. The molecule has 414 valence electrons. The summed E-state index contributed by atoms with van der Waals surface area (Å²) in [7, 11) is 0. The summed E-state index contributed by atoms with van der Waals surface area (Å²) >= 11 is 0. The molecule has 5 atom stereocenters. The number of likely N-dealkylation sites (tertiary alicyclic amines) is 1. The third-order valence-electron chi connectivity index (χ3n) is 12.5. The van der Waals surface area contributed by atoms with Crippen LogP contribution in [0.15, 0.2) is 70.6 Å². The maximum Gasteiger partial charge on any atom is 0.339 e. The average Bonchev–Trinajstić information content (AvgIpc) is 4.22. The first-order valence-electron chi connectivity index (χ1n) is 24.9. The highest BCUT2D eigenvalue weighted by molar-refractivity contribution is 5.94. The van der Waals surface area contributed by atoms with Gasteiger partial charge in [-0.05, 0) is 62.5 Å². The molecule has 0 spiro atoms. The van der Waals surface area contributed by atoms with Crippen LogP contribution in [-0.4, -0.2) is 195 Å². The van der Waals surface area contributed by atoms with Crippen molar-refractivity contribution in [3.63, 3.8) is 0 Å². The lowest BCUT2D eigenvalue weighted by molar-refractivity contribution is -0.144. The van der Waals surface area contributed by atoms with Gasteiger partial charge in [-0.1, -0.05) is 60.7 Å². The summed E-state index contributed by atoms with van der Waals surface area (Å²) in [5.41, 5.74) is 31.2. The zero-order chi connectivity index (χ0) is 55.3. The highest BCUT2D eigenvalue weighted by atomic mass is 16.4. The molecule has 11 amide bonds. The van der Waals surface area contributed by atoms with Crippen molar-refractivity contribution in [2.24, 2.45) is 38.7 Å². The molecular weight excluding hydrogens is 993 g/mol. The monoisotopic (exact) mass is 1060 g/mol. The predicted octanol–water partition coefficient (Wildman–Crippen LogP) is -3.49. The molecule has 0 unspecified atom stereocenters. The Labute approximate surface area is 438 Å². The number of carbonyl (C=O) groups is 9. The van der Waals surface area contributed by atoms with Crippen LogP contribution in [0.5, 0.6) is 0 Å². The van der Waals surface area contributed by atoms with Gasteiger partial charge in [0.25, 0.3) is 17.7 Å². The Hall–Kier alpha value is -8.47. The number of hydrazine groups is 3. The second kappa shape index (κ2) is 28.8. The molecule has 0 aliphatic carbocycles. The number of hydrogen-bond acceptors (Lipinski definition) is 13. The Kier molecular flexibility index (Phi) is 22.2. The van der Waals surface area contributed by atoms with Gasteiger partial charge >= 0.3 is 24.1 Å². The Morgan fingerprint density at radius 1 is 0.671 bits per heavy atom. The molecule has 2 aromatic rings. The summed E-state index contributed by atoms with van der Waals surface area (Å²) in [4.78, 5) is 131. The number of carboxylic acids is 1. The van der Waals surface area contributed by atoms with E-state index in [0.717, 1.165) is 15.0 Å². The lowest BCUT2D eigenvalue weighted by Gasteiger charge is -2.34. The van der Waals surface area contributed by atoms with E-state index in [9.17, 15) is 53.4 Å². The lowest BCUT2D eigenvalue weighted by Crippen LogP contribution is -2.61. The van der Waals surface area contributed by atoms with Crippen molar-refractivity contribution in [2.75, 3.05) is 59.0 Å². The van der Waals surface area contributed by atoms with Crippen LogP contribution >= 0.6 is 0 Å². The first-order valence-corrected chi connectivity index (χ1v) is 24.9. The Morgan fingerprint density at radius 2 is 1.25 bits per heavy atom. The molecule has 0 saturated carbocycles.